The quantitative estimate of drug-likeness (QED) is 0.564. The minimum absolute atomic E-state index is 0.0490. The molecule has 6 nitrogen and oxygen atoms in total. The summed E-state index contributed by atoms with van der Waals surface area (Å²) in [6, 6.07) is 18.3. The molecule has 3 aromatic carbocycles. The molecule has 0 saturated heterocycles. The van der Waals surface area contributed by atoms with E-state index in [0.717, 1.165) is 5.56 Å². The Morgan fingerprint density at radius 2 is 1.73 bits per heavy atom. The van der Waals surface area contributed by atoms with Crippen molar-refractivity contribution in [2.75, 3.05) is 7.11 Å². The first-order valence-electron chi connectivity index (χ1n) is 9.07. The largest absolute Gasteiger partial charge is 0.380 e. The fraction of sp³-hybridized carbons (Fsp3) is 0.136. The van der Waals surface area contributed by atoms with Gasteiger partial charge in [0.1, 0.15) is 5.82 Å². The number of hydrazine groups is 1. The number of hydrogen-bond acceptors (Lipinski definition) is 4. The van der Waals surface area contributed by atoms with Gasteiger partial charge in [-0.1, -0.05) is 42.5 Å². The SMILES string of the molecule is COCc1cccc(S(=O)(=O)NNC(=O)c2cc(-c3ccccc3)cc(C)c2F)c1. The van der Waals surface area contributed by atoms with Gasteiger partial charge in [-0.2, -0.15) is 0 Å². The van der Waals surface area contributed by atoms with Crippen molar-refractivity contribution in [3.05, 3.63) is 89.2 Å². The zero-order valence-electron chi connectivity index (χ0n) is 16.5. The van der Waals surface area contributed by atoms with Crippen LogP contribution in [0.15, 0.2) is 71.6 Å². The minimum atomic E-state index is -4.05. The number of benzene rings is 3. The highest BCUT2D eigenvalue weighted by Crippen LogP contribution is 2.24. The number of amides is 1. The smallest absolute Gasteiger partial charge is 0.269 e. The second-order valence-electron chi connectivity index (χ2n) is 6.66. The van der Waals surface area contributed by atoms with Crippen LogP contribution in [0.4, 0.5) is 4.39 Å². The number of carbonyl (C=O) groups excluding carboxylic acids is 1. The molecule has 0 fully saturated rings. The van der Waals surface area contributed by atoms with Crippen LogP contribution in [-0.2, 0) is 21.4 Å². The van der Waals surface area contributed by atoms with Crippen LogP contribution in [0.2, 0.25) is 0 Å². The monoisotopic (exact) mass is 428 g/mol. The van der Waals surface area contributed by atoms with Gasteiger partial charge in [-0.3, -0.25) is 10.2 Å². The number of sulfonamides is 1. The lowest BCUT2D eigenvalue weighted by Gasteiger charge is -2.12. The Kier molecular flexibility index (Phi) is 6.61. The molecular weight excluding hydrogens is 407 g/mol. The van der Waals surface area contributed by atoms with Crippen LogP contribution in [0, 0.1) is 12.7 Å². The Balaban J connectivity index is 1.82. The van der Waals surface area contributed by atoms with Gasteiger partial charge >= 0.3 is 0 Å². The molecule has 3 rings (SSSR count). The summed E-state index contributed by atoms with van der Waals surface area (Å²) in [5, 5.41) is 0. The zero-order chi connectivity index (χ0) is 21.7. The Morgan fingerprint density at radius 1 is 1.00 bits per heavy atom. The second-order valence-corrected chi connectivity index (χ2v) is 8.34. The van der Waals surface area contributed by atoms with Gasteiger partial charge in [0.25, 0.3) is 15.9 Å². The molecule has 0 aliphatic heterocycles. The molecule has 0 spiro atoms. The molecule has 0 aromatic heterocycles. The van der Waals surface area contributed by atoms with Crippen LogP contribution >= 0.6 is 0 Å². The van der Waals surface area contributed by atoms with Gasteiger partial charge in [0, 0.05) is 7.11 Å². The molecule has 156 valence electrons. The average molecular weight is 428 g/mol. The highest BCUT2D eigenvalue weighted by molar-refractivity contribution is 7.89. The standard InChI is InChI=1S/C22H21FN2O4S/c1-15-11-18(17-8-4-3-5-9-17)13-20(21(15)23)22(26)24-25-30(27,28)19-10-6-7-16(12-19)14-29-2/h3-13,25H,14H2,1-2H3,(H,24,26). The van der Waals surface area contributed by atoms with E-state index < -0.39 is 21.7 Å². The number of rotatable bonds is 7. The number of hydrogen-bond donors (Lipinski definition) is 2. The summed E-state index contributed by atoms with van der Waals surface area (Å²) in [4.78, 5) is 14.5. The topological polar surface area (TPSA) is 84.5 Å². The van der Waals surface area contributed by atoms with Gasteiger partial charge < -0.3 is 4.74 Å². The Morgan fingerprint density at radius 3 is 2.43 bits per heavy atom. The summed E-state index contributed by atoms with van der Waals surface area (Å²) in [7, 11) is -2.55. The third kappa shape index (κ3) is 4.91. The molecule has 2 N–H and O–H groups in total. The molecule has 0 saturated carbocycles. The van der Waals surface area contributed by atoms with Crippen molar-refractivity contribution < 1.29 is 22.3 Å². The van der Waals surface area contributed by atoms with E-state index in [0.29, 0.717) is 11.1 Å². The fourth-order valence-electron chi connectivity index (χ4n) is 2.94. The maximum absolute atomic E-state index is 14.6. The predicted octanol–water partition coefficient (Wildman–Crippen LogP) is 3.57. The second kappa shape index (κ2) is 9.17. The summed E-state index contributed by atoms with van der Waals surface area (Å²) in [6.45, 7) is 1.79. The predicted molar refractivity (Wildman–Crippen MR) is 112 cm³/mol. The highest BCUT2D eigenvalue weighted by Gasteiger charge is 2.20. The number of nitrogens with one attached hydrogen (secondary N) is 2. The first kappa shape index (κ1) is 21.6. The van der Waals surface area contributed by atoms with E-state index in [9.17, 15) is 17.6 Å². The van der Waals surface area contributed by atoms with Crippen molar-refractivity contribution in [2.24, 2.45) is 0 Å². The Labute approximate surface area is 174 Å². The summed E-state index contributed by atoms with van der Waals surface area (Å²) in [6.07, 6.45) is 0. The van der Waals surface area contributed by atoms with Crippen LogP contribution in [0.25, 0.3) is 11.1 Å². The van der Waals surface area contributed by atoms with E-state index in [1.54, 1.807) is 25.1 Å². The number of halogens is 1. The minimum Gasteiger partial charge on any atom is -0.380 e. The first-order valence-corrected chi connectivity index (χ1v) is 10.6. The van der Waals surface area contributed by atoms with Gasteiger partial charge in [0.2, 0.25) is 0 Å². The van der Waals surface area contributed by atoms with Crippen LogP contribution < -0.4 is 10.3 Å². The van der Waals surface area contributed by atoms with E-state index in [4.69, 9.17) is 4.74 Å². The van der Waals surface area contributed by atoms with Gasteiger partial charge in [-0.05, 0) is 53.4 Å². The average Bonchev–Trinajstić information content (AvgIpc) is 2.75. The zero-order valence-corrected chi connectivity index (χ0v) is 17.3. The van der Waals surface area contributed by atoms with Crippen molar-refractivity contribution in [3.8, 4) is 11.1 Å². The molecule has 0 bridgehead atoms. The van der Waals surface area contributed by atoms with Crippen molar-refractivity contribution in [1.82, 2.24) is 10.3 Å². The van der Waals surface area contributed by atoms with E-state index in [-0.39, 0.29) is 22.6 Å². The number of aryl methyl sites for hydroxylation is 1. The Bertz CT molecular complexity index is 1170. The van der Waals surface area contributed by atoms with Crippen molar-refractivity contribution in [1.29, 1.82) is 0 Å². The lowest BCUT2D eigenvalue weighted by atomic mass is 9.99. The molecule has 0 heterocycles. The van der Waals surface area contributed by atoms with Crippen molar-refractivity contribution >= 4 is 15.9 Å². The summed E-state index contributed by atoms with van der Waals surface area (Å²) in [5.41, 5.74) is 4.22. The third-order valence-corrected chi connectivity index (χ3v) is 5.67. The molecule has 1 amide bonds. The van der Waals surface area contributed by atoms with Crippen LogP contribution in [0.5, 0.6) is 0 Å². The summed E-state index contributed by atoms with van der Waals surface area (Å²) >= 11 is 0. The molecule has 0 unspecified atom stereocenters. The molecule has 0 aliphatic rings. The lowest BCUT2D eigenvalue weighted by molar-refractivity contribution is 0.0941. The molecule has 3 aromatic rings. The van der Waals surface area contributed by atoms with Crippen LogP contribution in [0.1, 0.15) is 21.5 Å². The molecule has 30 heavy (non-hydrogen) atoms. The normalized spacial score (nSPS) is 11.3. The van der Waals surface area contributed by atoms with Gasteiger partial charge in [-0.15, -0.1) is 4.83 Å². The van der Waals surface area contributed by atoms with Crippen LogP contribution in [-0.4, -0.2) is 21.4 Å². The summed E-state index contributed by atoms with van der Waals surface area (Å²) < 4.78 is 44.6. The van der Waals surface area contributed by atoms with Gasteiger partial charge in [0.05, 0.1) is 17.1 Å². The van der Waals surface area contributed by atoms with Crippen molar-refractivity contribution in [3.63, 3.8) is 0 Å². The summed E-state index contributed by atoms with van der Waals surface area (Å²) in [5.74, 6) is -1.61. The van der Waals surface area contributed by atoms with E-state index in [1.165, 1.54) is 25.3 Å². The van der Waals surface area contributed by atoms with Crippen LogP contribution in [0.3, 0.4) is 0 Å². The lowest BCUT2D eigenvalue weighted by Crippen LogP contribution is -2.42. The number of ether oxygens (including phenoxy) is 1. The molecule has 0 radical (unpaired) electrons. The molecule has 0 atom stereocenters. The fourth-order valence-corrected chi connectivity index (χ4v) is 3.85. The van der Waals surface area contributed by atoms with Gasteiger partial charge in [0.15, 0.2) is 0 Å². The van der Waals surface area contributed by atoms with E-state index in [2.05, 4.69) is 5.43 Å². The van der Waals surface area contributed by atoms with E-state index >= 15 is 0 Å². The molecule has 0 aliphatic carbocycles. The number of methoxy groups -OCH3 is 1. The van der Waals surface area contributed by atoms with Crippen molar-refractivity contribution in [2.45, 2.75) is 18.4 Å². The Hall–Kier alpha value is -3.07. The number of carbonyl (C=O) groups is 1. The van der Waals surface area contributed by atoms with Gasteiger partial charge in [-0.25, -0.2) is 12.8 Å². The first-order chi connectivity index (χ1) is 14.3. The van der Waals surface area contributed by atoms with E-state index in [1.807, 2.05) is 35.2 Å². The molecular formula is C22H21FN2O4S. The maximum atomic E-state index is 14.6. The third-order valence-electron chi connectivity index (χ3n) is 4.42. The highest BCUT2D eigenvalue weighted by atomic mass is 32.2. The molecule has 8 heteroatoms. The maximum Gasteiger partial charge on any atom is 0.269 e.